The maximum absolute atomic E-state index is 11.2. The Morgan fingerprint density at radius 3 is 2.86 bits per heavy atom. The molecule has 0 spiro atoms. The van der Waals surface area contributed by atoms with Crippen LogP contribution in [0.15, 0.2) is 6.20 Å². The fourth-order valence-electron chi connectivity index (χ4n) is 3.15. The molecule has 21 heavy (non-hydrogen) atoms. The Morgan fingerprint density at radius 1 is 1.62 bits per heavy atom. The molecule has 2 rings (SSSR count). The number of carboxylic acid groups (broad SMARTS) is 1. The summed E-state index contributed by atoms with van der Waals surface area (Å²) in [6.07, 6.45) is 3.06. The highest BCUT2D eigenvalue weighted by molar-refractivity contribution is 5.65. The van der Waals surface area contributed by atoms with E-state index in [-0.39, 0.29) is 6.04 Å². The summed E-state index contributed by atoms with van der Waals surface area (Å²) >= 11 is 0. The summed E-state index contributed by atoms with van der Waals surface area (Å²) in [5.41, 5.74) is 0.853. The molecule has 2 atom stereocenters. The lowest BCUT2D eigenvalue weighted by molar-refractivity contribution is 0.136. The molecule has 0 bridgehead atoms. The van der Waals surface area contributed by atoms with Gasteiger partial charge in [-0.1, -0.05) is 6.92 Å². The Balaban J connectivity index is 2.12. The van der Waals surface area contributed by atoms with Crippen LogP contribution >= 0.6 is 0 Å². The third-order valence-corrected chi connectivity index (χ3v) is 4.44. The van der Waals surface area contributed by atoms with Gasteiger partial charge in [-0.2, -0.15) is 0 Å². The van der Waals surface area contributed by atoms with Crippen LogP contribution in [0.25, 0.3) is 0 Å². The van der Waals surface area contributed by atoms with E-state index in [1.165, 1.54) is 11.3 Å². The van der Waals surface area contributed by atoms with E-state index in [9.17, 15) is 4.79 Å². The van der Waals surface area contributed by atoms with Gasteiger partial charge in [-0.25, -0.2) is 9.78 Å². The normalized spacial score (nSPS) is 20.7. The molecule has 1 N–H and O–H groups in total. The number of hydrogen-bond donors (Lipinski definition) is 1. The number of aromatic nitrogens is 2. The van der Waals surface area contributed by atoms with Crippen LogP contribution in [0.3, 0.4) is 0 Å². The molecule has 6 nitrogen and oxygen atoms in total. The zero-order chi connectivity index (χ0) is 15.6. The molecular formula is C15H26N4O2. The van der Waals surface area contributed by atoms with Crippen molar-refractivity contribution in [3.05, 3.63) is 17.7 Å². The molecular weight excluding hydrogens is 268 g/mol. The number of amides is 1. The first-order valence-electron chi connectivity index (χ1n) is 7.60. The average Bonchev–Trinajstić information content (AvgIpc) is 2.98. The Labute approximate surface area is 126 Å². The van der Waals surface area contributed by atoms with Gasteiger partial charge in [-0.3, -0.25) is 0 Å². The van der Waals surface area contributed by atoms with Gasteiger partial charge in [0.15, 0.2) is 0 Å². The molecule has 0 saturated carbocycles. The van der Waals surface area contributed by atoms with Gasteiger partial charge >= 0.3 is 6.09 Å². The summed E-state index contributed by atoms with van der Waals surface area (Å²) in [6.45, 7) is 7.24. The monoisotopic (exact) mass is 294 g/mol. The van der Waals surface area contributed by atoms with Crippen molar-refractivity contribution in [1.82, 2.24) is 19.4 Å². The first kappa shape index (κ1) is 15.8. The summed E-state index contributed by atoms with van der Waals surface area (Å²) in [5, 5.41) is 9.17. The van der Waals surface area contributed by atoms with Gasteiger partial charge < -0.3 is 19.5 Å². The number of aryl methyl sites for hydroxylation is 1. The molecule has 2 heterocycles. The molecule has 1 unspecified atom stereocenters. The van der Waals surface area contributed by atoms with E-state index in [0.29, 0.717) is 5.92 Å². The van der Waals surface area contributed by atoms with Crippen molar-refractivity contribution in [2.75, 3.05) is 27.2 Å². The Kier molecular flexibility index (Phi) is 4.88. The lowest BCUT2D eigenvalue weighted by Gasteiger charge is -2.22. The summed E-state index contributed by atoms with van der Waals surface area (Å²) in [6, 6.07) is -0.172. The molecule has 0 aromatic carbocycles. The largest absolute Gasteiger partial charge is 0.465 e. The van der Waals surface area contributed by atoms with E-state index in [4.69, 9.17) is 5.11 Å². The number of imidazole rings is 1. The first-order chi connectivity index (χ1) is 9.92. The van der Waals surface area contributed by atoms with Crippen molar-refractivity contribution in [3.8, 4) is 0 Å². The minimum absolute atomic E-state index is 0.172. The molecule has 1 aromatic heterocycles. The molecule has 118 valence electrons. The minimum Gasteiger partial charge on any atom is -0.465 e. The Morgan fingerprint density at radius 2 is 2.33 bits per heavy atom. The smallest absolute Gasteiger partial charge is 0.407 e. The molecule has 1 fully saturated rings. The number of carbonyl (C=O) groups is 1. The van der Waals surface area contributed by atoms with Crippen molar-refractivity contribution in [3.63, 3.8) is 0 Å². The molecule has 1 aliphatic rings. The number of hydrogen-bond acceptors (Lipinski definition) is 3. The summed E-state index contributed by atoms with van der Waals surface area (Å²) in [5.74, 6) is 1.63. The van der Waals surface area contributed by atoms with Gasteiger partial charge in [0.1, 0.15) is 5.82 Å². The van der Waals surface area contributed by atoms with Crippen molar-refractivity contribution >= 4 is 6.09 Å². The zero-order valence-corrected chi connectivity index (χ0v) is 13.4. The lowest BCUT2D eigenvalue weighted by Crippen LogP contribution is -2.29. The van der Waals surface area contributed by atoms with Crippen LogP contribution in [0.4, 0.5) is 4.79 Å². The van der Waals surface area contributed by atoms with E-state index >= 15 is 0 Å². The van der Waals surface area contributed by atoms with Gasteiger partial charge in [-0.15, -0.1) is 0 Å². The zero-order valence-electron chi connectivity index (χ0n) is 13.4. The van der Waals surface area contributed by atoms with Crippen LogP contribution in [0.5, 0.6) is 0 Å². The fourth-order valence-corrected chi connectivity index (χ4v) is 3.15. The van der Waals surface area contributed by atoms with Crippen LogP contribution in [-0.4, -0.2) is 57.7 Å². The Hall–Kier alpha value is -1.56. The first-order valence-corrected chi connectivity index (χ1v) is 7.60. The molecule has 0 radical (unpaired) electrons. The maximum Gasteiger partial charge on any atom is 0.407 e. The van der Waals surface area contributed by atoms with Gasteiger partial charge in [0.05, 0.1) is 11.7 Å². The summed E-state index contributed by atoms with van der Waals surface area (Å²) in [4.78, 5) is 19.5. The van der Waals surface area contributed by atoms with Crippen molar-refractivity contribution in [1.29, 1.82) is 0 Å². The second kappa shape index (κ2) is 6.47. The molecule has 1 amide bonds. The molecule has 1 aromatic rings. The predicted molar refractivity (Wildman–Crippen MR) is 81.4 cm³/mol. The third-order valence-electron chi connectivity index (χ3n) is 4.44. The van der Waals surface area contributed by atoms with Crippen molar-refractivity contribution in [2.24, 2.45) is 5.92 Å². The van der Waals surface area contributed by atoms with Gasteiger partial charge in [0.2, 0.25) is 0 Å². The van der Waals surface area contributed by atoms with E-state index in [0.717, 1.165) is 37.6 Å². The predicted octanol–water partition coefficient (Wildman–Crippen LogP) is 2.20. The average molecular weight is 294 g/mol. The highest BCUT2D eigenvalue weighted by Gasteiger charge is 2.24. The van der Waals surface area contributed by atoms with E-state index < -0.39 is 6.09 Å². The summed E-state index contributed by atoms with van der Waals surface area (Å²) < 4.78 is 2.18. The molecule has 1 aliphatic heterocycles. The van der Waals surface area contributed by atoms with Crippen molar-refractivity contribution < 1.29 is 9.90 Å². The number of rotatable bonds is 5. The van der Waals surface area contributed by atoms with Gasteiger partial charge in [0, 0.05) is 26.3 Å². The van der Waals surface area contributed by atoms with Crippen LogP contribution in [0.1, 0.15) is 37.3 Å². The lowest BCUT2D eigenvalue weighted by atomic mass is 10.1. The topological polar surface area (TPSA) is 61.6 Å². The summed E-state index contributed by atoms with van der Waals surface area (Å²) in [7, 11) is 3.76. The van der Waals surface area contributed by atoms with Crippen LogP contribution < -0.4 is 0 Å². The highest BCUT2D eigenvalue weighted by Crippen LogP contribution is 2.24. The second-order valence-corrected chi connectivity index (χ2v) is 6.10. The molecule has 1 saturated heterocycles. The Bertz CT molecular complexity index is 500. The van der Waals surface area contributed by atoms with Crippen LogP contribution in [0.2, 0.25) is 0 Å². The van der Waals surface area contributed by atoms with Crippen molar-refractivity contribution in [2.45, 2.75) is 39.3 Å². The highest BCUT2D eigenvalue weighted by atomic mass is 16.4. The molecule has 0 aliphatic carbocycles. The fraction of sp³-hybridized carbons (Fsp3) is 0.733. The molecule has 6 heteroatoms. The van der Waals surface area contributed by atoms with Gasteiger partial charge in [-0.05, 0) is 39.3 Å². The van der Waals surface area contributed by atoms with Crippen LogP contribution in [-0.2, 0) is 6.54 Å². The SMILES string of the molecule is CCC(c1cn(C[C@H]2CCN(C)C2)c(C)n1)N(C)C(=O)O. The number of likely N-dealkylation sites (tertiary alicyclic amines) is 1. The standard InChI is InChI=1S/C15H26N4O2/c1-5-14(18(4)15(20)21)13-10-19(11(2)16-13)9-12-6-7-17(3)8-12/h10,12,14H,5-9H2,1-4H3,(H,20,21)/t12-,14?/m0/s1. The van der Waals surface area contributed by atoms with E-state index in [1.54, 1.807) is 7.05 Å². The quantitative estimate of drug-likeness (QED) is 0.904. The van der Waals surface area contributed by atoms with E-state index in [1.807, 2.05) is 20.0 Å². The third kappa shape index (κ3) is 3.56. The minimum atomic E-state index is -0.911. The van der Waals surface area contributed by atoms with Gasteiger partial charge in [0.25, 0.3) is 0 Å². The number of nitrogens with zero attached hydrogens (tertiary/aromatic N) is 4. The second-order valence-electron chi connectivity index (χ2n) is 6.10. The van der Waals surface area contributed by atoms with Crippen LogP contribution in [0, 0.1) is 12.8 Å². The van der Waals surface area contributed by atoms with E-state index in [2.05, 4.69) is 21.5 Å². The maximum atomic E-state index is 11.2.